The summed E-state index contributed by atoms with van der Waals surface area (Å²) in [5, 5.41) is 0. The summed E-state index contributed by atoms with van der Waals surface area (Å²) in [6.07, 6.45) is 3.39. The molecule has 0 saturated heterocycles. The minimum Gasteiger partial charge on any atom is -0.463 e. The normalized spacial score (nSPS) is 12.0. The molecule has 0 aliphatic heterocycles. The SMILES string of the molecule is CCOC(=O)/C=C/CN(CC(C)C)C(C)C. The van der Waals surface area contributed by atoms with Crippen LogP contribution in [0.3, 0.4) is 0 Å². The first-order chi connectivity index (χ1) is 7.47. The topological polar surface area (TPSA) is 29.5 Å². The second-order valence-corrected chi connectivity index (χ2v) is 4.60. The van der Waals surface area contributed by atoms with Gasteiger partial charge in [0.15, 0.2) is 0 Å². The van der Waals surface area contributed by atoms with Gasteiger partial charge in [-0.25, -0.2) is 4.79 Å². The van der Waals surface area contributed by atoms with E-state index in [-0.39, 0.29) is 5.97 Å². The molecule has 0 aromatic carbocycles. The molecule has 0 fully saturated rings. The molecule has 0 spiro atoms. The van der Waals surface area contributed by atoms with Gasteiger partial charge in [-0.15, -0.1) is 0 Å². The number of carbonyl (C=O) groups excluding carboxylic acids is 1. The monoisotopic (exact) mass is 227 g/mol. The van der Waals surface area contributed by atoms with Crippen LogP contribution in [0.15, 0.2) is 12.2 Å². The van der Waals surface area contributed by atoms with Crippen molar-refractivity contribution in [1.82, 2.24) is 4.90 Å². The van der Waals surface area contributed by atoms with Gasteiger partial charge >= 0.3 is 5.97 Å². The van der Waals surface area contributed by atoms with Crippen molar-refractivity contribution in [2.75, 3.05) is 19.7 Å². The highest BCUT2D eigenvalue weighted by Crippen LogP contribution is 2.03. The van der Waals surface area contributed by atoms with E-state index in [2.05, 4.69) is 32.6 Å². The van der Waals surface area contributed by atoms with Crippen LogP contribution in [-0.2, 0) is 9.53 Å². The quantitative estimate of drug-likeness (QED) is 0.494. The lowest BCUT2D eigenvalue weighted by Gasteiger charge is -2.26. The van der Waals surface area contributed by atoms with Crippen LogP contribution < -0.4 is 0 Å². The van der Waals surface area contributed by atoms with Crippen LogP contribution in [0.2, 0.25) is 0 Å². The summed E-state index contributed by atoms with van der Waals surface area (Å²) in [5.74, 6) is 0.383. The fourth-order valence-electron chi connectivity index (χ4n) is 1.44. The van der Waals surface area contributed by atoms with Gasteiger partial charge in [-0.3, -0.25) is 4.90 Å². The Morgan fingerprint density at radius 2 is 1.94 bits per heavy atom. The second-order valence-electron chi connectivity index (χ2n) is 4.60. The van der Waals surface area contributed by atoms with Crippen molar-refractivity contribution in [3.63, 3.8) is 0 Å². The van der Waals surface area contributed by atoms with Gasteiger partial charge in [0.05, 0.1) is 6.61 Å². The molecule has 0 aliphatic rings. The van der Waals surface area contributed by atoms with E-state index in [0.29, 0.717) is 18.6 Å². The Kier molecular flexibility index (Phi) is 7.90. The number of hydrogen-bond acceptors (Lipinski definition) is 3. The number of esters is 1. The molecule has 0 atom stereocenters. The molecule has 16 heavy (non-hydrogen) atoms. The molecule has 0 bridgehead atoms. The summed E-state index contributed by atoms with van der Waals surface area (Å²) in [6, 6.07) is 0.495. The van der Waals surface area contributed by atoms with E-state index in [9.17, 15) is 4.79 Å². The third kappa shape index (κ3) is 7.46. The van der Waals surface area contributed by atoms with Gasteiger partial charge in [0.25, 0.3) is 0 Å². The van der Waals surface area contributed by atoms with E-state index in [4.69, 9.17) is 4.74 Å². The van der Waals surface area contributed by atoms with E-state index >= 15 is 0 Å². The molecule has 0 radical (unpaired) electrons. The van der Waals surface area contributed by atoms with Crippen LogP contribution in [0.1, 0.15) is 34.6 Å². The van der Waals surface area contributed by atoms with Gasteiger partial charge in [-0.2, -0.15) is 0 Å². The van der Waals surface area contributed by atoms with Crippen molar-refractivity contribution in [3.05, 3.63) is 12.2 Å². The van der Waals surface area contributed by atoms with Crippen molar-refractivity contribution >= 4 is 5.97 Å². The Labute approximate surface area is 99.5 Å². The van der Waals surface area contributed by atoms with Crippen LogP contribution in [0, 0.1) is 5.92 Å². The first-order valence-corrected chi connectivity index (χ1v) is 6.04. The van der Waals surface area contributed by atoms with Crippen LogP contribution in [-0.4, -0.2) is 36.6 Å². The average Bonchev–Trinajstić information content (AvgIpc) is 2.15. The first kappa shape index (κ1) is 15.2. The highest BCUT2D eigenvalue weighted by Gasteiger charge is 2.09. The molecule has 0 rings (SSSR count). The number of rotatable bonds is 7. The molecular formula is C13H25NO2. The summed E-state index contributed by atoms with van der Waals surface area (Å²) >= 11 is 0. The Morgan fingerprint density at radius 3 is 2.38 bits per heavy atom. The molecule has 3 nitrogen and oxygen atoms in total. The molecule has 0 N–H and O–H groups in total. The van der Waals surface area contributed by atoms with Crippen LogP contribution in [0.4, 0.5) is 0 Å². The molecular weight excluding hydrogens is 202 g/mol. The first-order valence-electron chi connectivity index (χ1n) is 6.04. The molecule has 0 amide bonds. The van der Waals surface area contributed by atoms with Crippen molar-refractivity contribution in [3.8, 4) is 0 Å². The minimum atomic E-state index is -0.254. The zero-order chi connectivity index (χ0) is 12.6. The van der Waals surface area contributed by atoms with Gasteiger partial charge < -0.3 is 4.74 Å². The lowest BCUT2D eigenvalue weighted by Crippen LogP contribution is -2.34. The summed E-state index contributed by atoms with van der Waals surface area (Å²) in [6.45, 7) is 12.8. The fourth-order valence-corrected chi connectivity index (χ4v) is 1.44. The van der Waals surface area contributed by atoms with E-state index < -0.39 is 0 Å². The van der Waals surface area contributed by atoms with Gasteiger partial charge in [0, 0.05) is 25.2 Å². The molecule has 0 aromatic rings. The average molecular weight is 227 g/mol. The maximum atomic E-state index is 11.1. The van der Waals surface area contributed by atoms with E-state index in [1.807, 2.05) is 13.0 Å². The van der Waals surface area contributed by atoms with Crippen LogP contribution in [0.5, 0.6) is 0 Å². The van der Waals surface area contributed by atoms with E-state index in [0.717, 1.165) is 13.1 Å². The smallest absolute Gasteiger partial charge is 0.330 e. The highest BCUT2D eigenvalue weighted by molar-refractivity contribution is 5.81. The Bertz CT molecular complexity index is 222. The highest BCUT2D eigenvalue weighted by atomic mass is 16.5. The molecule has 0 heterocycles. The molecule has 0 unspecified atom stereocenters. The maximum absolute atomic E-state index is 11.1. The van der Waals surface area contributed by atoms with E-state index in [1.54, 1.807) is 0 Å². The molecule has 0 aromatic heterocycles. The maximum Gasteiger partial charge on any atom is 0.330 e. The van der Waals surface area contributed by atoms with Crippen molar-refractivity contribution < 1.29 is 9.53 Å². The largest absolute Gasteiger partial charge is 0.463 e. The lowest BCUT2D eigenvalue weighted by molar-refractivity contribution is -0.137. The van der Waals surface area contributed by atoms with Gasteiger partial charge in [-0.1, -0.05) is 19.9 Å². The summed E-state index contributed by atoms with van der Waals surface area (Å²) in [7, 11) is 0. The Hall–Kier alpha value is -0.830. The molecule has 3 heteroatoms. The number of carbonyl (C=O) groups is 1. The minimum absolute atomic E-state index is 0.254. The fraction of sp³-hybridized carbons (Fsp3) is 0.769. The lowest BCUT2D eigenvalue weighted by atomic mass is 10.2. The Balaban J connectivity index is 4.06. The zero-order valence-electron chi connectivity index (χ0n) is 11.2. The van der Waals surface area contributed by atoms with Crippen LogP contribution in [0.25, 0.3) is 0 Å². The van der Waals surface area contributed by atoms with Gasteiger partial charge in [0.1, 0.15) is 0 Å². The predicted octanol–water partition coefficient (Wildman–Crippen LogP) is 2.47. The molecule has 0 aliphatic carbocycles. The summed E-state index contributed by atoms with van der Waals surface area (Å²) < 4.78 is 4.82. The molecule has 0 saturated carbocycles. The van der Waals surface area contributed by atoms with Crippen molar-refractivity contribution in [2.45, 2.75) is 40.7 Å². The third-order valence-electron chi connectivity index (χ3n) is 2.21. The Morgan fingerprint density at radius 1 is 1.31 bits per heavy atom. The number of ether oxygens (including phenoxy) is 1. The molecule has 94 valence electrons. The van der Waals surface area contributed by atoms with Gasteiger partial charge in [0.2, 0.25) is 0 Å². The van der Waals surface area contributed by atoms with Crippen molar-refractivity contribution in [1.29, 1.82) is 0 Å². The second kappa shape index (κ2) is 8.34. The van der Waals surface area contributed by atoms with Gasteiger partial charge in [-0.05, 0) is 26.7 Å². The van der Waals surface area contributed by atoms with Crippen LogP contribution >= 0.6 is 0 Å². The summed E-state index contributed by atoms with van der Waals surface area (Å²) in [5.41, 5.74) is 0. The predicted molar refractivity (Wildman–Crippen MR) is 67.3 cm³/mol. The van der Waals surface area contributed by atoms with E-state index in [1.165, 1.54) is 6.08 Å². The third-order valence-corrected chi connectivity index (χ3v) is 2.21. The standard InChI is InChI=1S/C13H25NO2/c1-6-16-13(15)8-7-9-14(12(4)5)10-11(2)3/h7-8,11-12H,6,9-10H2,1-5H3/b8-7+. The number of nitrogens with zero attached hydrogens (tertiary/aromatic N) is 1. The summed E-state index contributed by atoms with van der Waals surface area (Å²) in [4.78, 5) is 13.4. The zero-order valence-corrected chi connectivity index (χ0v) is 11.2. The number of hydrogen-bond donors (Lipinski definition) is 0. The van der Waals surface area contributed by atoms with Crippen molar-refractivity contribution in [2.24, 2.45) is 5.92 Å².